The third kappa shape index (κ3) is 6.13. The second kappa shape index (κ2) is 13.5. The minimum atomic E-state index is 1.14. The van der Waals surface area contributed by atoms with Crippen LogP contribution in [-0.2, 0) is 0 Å². The molecule has 0 saturated heterocycles. The number of aryl methyl sites for hydroxylation is 4. The molecule has 2 heteroatoms. The summed E-state index contributed by atoms with van der Waals surface area (Å²) in [6, 6.07) is 61.1. The first kappa shape index (κ1) is 30.8. The highest BCUT2D eigenvalue weighted by atomic mass is 15.2. The van der Waals surface area contributed by atoms with Crippen molar-refractivity contribution in [1.82, 2.24) is 0 Å². The molecule has 0 unspecified atom stereocenters. The van der Waals surface area contributed by atoms with Gasteiger partial charge in [0.05, 0.1) is 0 Å². The third-order valence-electron chi connectivity index (χ3n) is 9.23. The van der Waals surface area contributed by atoms with Crippen LogP contribution >= 0.6 is 0 Å². The minimum Gasteiger partial charge on any atom is -0.310 e. The smallest absolute Gasteiger partial charge is 0.0490 e. The lowest BCUT2D eigenvalue weighted by Gasteiger charge is -2.28. The molecule has 0 atom stereocenters. The minimum absolute atomic E-state index is 1.14. The van der Waals surface area contributed by atoms with E-state index in [0.717, 1.165) is 11.4 Å². The second-order valence-corrected chi connectivity index (χ2v) is 12.5. The van der Waals surface area contributed by atoms with Gasteiger partial charge in [0.1, 0.15) is 0 Å². The molecule has 0 radical (unpaired) electrons. The van der Waals surface area contributed by atoms with Crippen LogP contribution < -0.4 is 9.80 Å². The monoisotopic (exact) mass is 620 g/mol. The van der Waals surface area contributed by atoms with Gasteiger partial charge in [-0.1, -0.05) is 121 Å². The zero-order valence-corrected chi connectivity index (χ0v) is 28.1. The zero-order valence-electron chi connectivity index (χ0n) is 28.1. The van der Waals surface area contributed by atoms with Gasteiger partial charge in [-0.3, -0.25) is 0 Å². The molecule has 234 valence electrons. The molecule has 0 aromatic heterocycles. The summed E-state index contributed by atoms with van der Waals surface area (Å²) in [5.41, 5.74) is 16.8. The molecule has 0 N–H and O–H groups in total. The Morgan fingerprint density at radius 2 is 0.458 bits per heavy atom. The summed E-state index contributed by atoms with van der Waals surface area (Å²) in [5.74, 6) is 0. The quantitative estimate of drug-likeness (QED) is 0.167. The van der Waals surface area contributed by atoms with Crippen molar-refractivity contribution < 1.29 is 0 Å². The van der Waals surface area contributed by atoms with Crippen molar-refractivity contribution in [2.75, 3.05) is 9.80 Å². The Kier molecular flexibility index (Phi) is 8.64. The van der Waals surface area contributed by atoms with Gasteiger partial charge < -0.3 is 9.80 Å². The van der Waals surface area contributed by atoms with E-state index in [1.165, 1.54) is 67.3 Å². The fraction of sp³-hybridized carbons (Fsp3) is 0.0870. The molecule has 0 aliphatic heterocycles. The van der Waals surface area contributed by atoms with Gasteiger partial charge in [0.2, 0.25) is 0 Å². The summed E-state index contributed by atoms with van der Waals surface area (Å²) in [6.45, 7) is 8.70. The number of para-hydroxylation sites is 4. The second-order valence-electron chi connectivity index (χ2n) is 12.5. The van der Waals surface area contributed by atoms with E-state index in [9.17, 15) is 0 Å². The SMILES string of the molecule is Cc1ccccc1N(c1ccc(-c2ccc(-c3ccc(N(c4ccccc4C)c4ccccc4C)cc3)cc2)cc1)c1ccccc1C. The van der Waals surface area contributed by atoms with Gasteiger partial charge in [-0.15, -0.1) is 0 Å². The molecule has 0 bridgehead atoms. The van der Waals surface area contributed by atoms with Gasteiger partial charge in [0.25, 0.3) is 0 Å². The number of anilines is 6. The van der Waals surface area contributed by atoms with Gasteiger partial charge in [0.15, 0.2) is 0 Å². The molecule has 0 saturated carbocycles. The highest BCUT2D eigenvalue weighted by Crippen LogP contribution is 2.40. The highest BCUT2D eigenvalue weighted by Gasteiger charge is 2.17. The molecule has 0 heterocycles. The molecule has 0 amide bonds. The predicted octanol–water partition coefficient (Wildman–Crippen LogP) is 13.2. The molecular formula is C46H40N2. The average molecular weight is 621 g/mol. The van der Waals surface area contributed by atoms with Crippen molar-refractivity contribution >= 4 is 34.1 Å². The Morgan fingerprint density at radius 3 is 0.688 bits per heavy atom. The van der Waals surface area contributed by atoms with Gasteiger partial charge in [-0.05, 0) is 121 Å². The highest BCUT2D eigenvalue weighted by molar-refractivity contribution is 5.83. The van der Waals surface area contributed by atoms with Gasteiger partial charge in [-0.2, -0.15) is 0 Å². The van der Waals surface area contributed by atoms with Crippen LogP contribution in [0, 0.1) is 27.7 Å². The normalized spacial score (nSPS) is 10.9. The van der Waals surface area contributed by atoms with E-state index in [1.54, 1.807) is 0 Å². The summed E-state index contributed by atoms with van der Waals surface area (Å²) in [6.07, 6.45) is 0. The summed E-state index contributed by atoms with van der Waals surface area (Å²) >= 11 is 0. The lowest BCUT2D eigenvalue weighted by atomic mass is 9.99. The van der Waals surface area contributed by atoms with Gasteiger partial charge in [-0.25, -0.2) is 0 Å². The zero-order chi connectivity index (χ0) is 33.0. The molecule has 7 aromatic rings. The first-order valence-electron chi connectivity index (χ1n) is 16.6. The van der Waals surface area contributed by atoms with Crippen molar-refractivity contribution in [3.05, 3.63) is 192 Å². The van der Waals surface area contributed by atoms with E-state index in [0.29, 0.717) is 0 Å². The van der Waals surface area contributed by atoms with Crippen LogP contribution in [0.3, 0.4) is 0 Å². The molecule has 0 aliphatic rings. The first-order valence-corrected chi connectivity index (χ1v) is 16.6. The summed E-state index contributed by atoms with van der Waals surface area (Å²) in [7, 11) is 0. The van der Waals surface area contributed by atoms with E-state index < -0.39 is 0 Å². The molecule has 0 fully saturated rings. The maximum atomic E-state index is 2.36. The first-order chi connectivity index (χ1) is 23.5. The Bertz CT molecular complexity index is 1910. The lowest BCUT2D eigenvalue weighted by Crippen LogP contribution is -2.12. The van der Waals surface area contributed by atoms with E-state index >= 15 is 0 Å². The van der Waals surface area contributed by atoms with Crippen LogP contribution in [0.15, 0.2) is 170 Å². The fourth-order valence-corrected chi connectivity index (χ4v) is 6.53. The molecular weight excluding hydrogens is 581 g/mol. The molecule has 2 nitrogen and oxygen atoms in total. The van der Waals surface area contributed by atoms with E-state index in [2.05, 4.69) is 207 Å². The number of hydrogen-bond donors (Lipinski definition) is 0. The van der Waals surface area contributed by atoms with Crippen molar-refractivity contribution in [3.63, 3.8) is 0 Å². The predicted molar refractivity (Wildman–Crippen MR) is 206 cm³/mol. The topological polar surface area (TPSA) is 6.48 Å². The van der Waals surface area contributed by atoms with Gasteiger partial charge in [0, 0.05) is 34.1 Å². The van der Waals surface area contributed by atoms with Crippen LogP contribution in [0.25, 0.3) is 22.3 Å². The molecule has 7 rings (SSSR count). The van der Waals surface area contributed by atoms with Crippen LogP contribution in [0.4, 0.5) is 34.1 Å². The summed E-state index contributed by atoms with van der Waals surface area (Å²) in [4.78, 5) is 4.72. The fourth-order valence-electron chi connectivity index (χ4n) is 6.53. The van der Waals surface area contributed by atoms with Crippen molar-refractivity contribution in [3.8, 4) is 22.3 Å². The Morgan fingerprint density at radius 1 is 0.250 bits per heavy atom. The number of benzene rings is 7. The maximum absolute atomic E-state index is 2.36. The van der Waals surface area contributed by atoms with Gasteiger partial charge >= 0.3 is 0 Å². The molecule has 48 heavy (non-hydrogen) atoms. The largest absolute Gasteiger partial charge is 0.310 e. The third-order valence-corrected chi connectivity index (χ3v) is 9.23. The van der Waals surface area contributed by atoms with E-state index in [1.807, 2.05) is 0 Å². The van der Waals surface area contributed by atoms with E-state index in [4.69, 9.17) is 0 Å². The molecule has 0 spiro atoms. The number of nitrogens with zero attached hydrogens (tertiary/aromatic N) is 2. The standard InChI is InChI=1S/C46H40N2/c1-33-13-5-9-17-43(33)47(44-18-10-6-14-34(44)2)41-29-25-39(26-30-41)37-21-23-38(24-22-37)40-27-31-42(32-28-40)48(45-19-11-7-15-35(45)3)46-20-12-8-16-36(46)4/h5-32H,1-4H3. The number of rotatable bonds is 8. The Balaban J connectivity index is 1.15. The van der Waals surface area contributed by atoms with Crippen molar-refractivity contribution in [2.45, 2.75) is 27.7 Å². The summed E-state index contributed by atoms with van der Waals surface area (Å²) < 4.78 is 0. The lowest BCUT2D eigenvalue weighted by molar-refractivity contribution is 1.23. The molecule has 0 aliphatic carbocycles. The maximum Gasteiger partial charge on any atom is 0.0490 e. The Hall–Kier alpha value is -5.86. The van der Waals surface area contributed by atoms with Crippen LogP contribution in [0.5, 0.6) is 0 Å². The van der Waals surface area contributed by atoms with Crippen molar-refractivity contribution in [1.29, 1.82) is 0 Å². The van der Waals surface area contributed by atoms with Crippen LogP contribution in [0.2, 0.25) is 0 Å². The molecule has 7 aromatic carbocycles. The number of hydrogen-bond acceptors (Lipinski definition) is 2. The summed E-state index contributed by atoms with van der Waals surface area (Å²) in [5, 5.41) is 0. The average Bonchev–Trinajstić information content (AvgIpc) is 3.12. The van der Waals surface area contributed by atoms with Crippen LogP contribution in [-0.4, -0.2) is 0 Å². The van der Waals surface area contributed by atoms with Crippen molar-refractivity contribution in [2.24, 2.45) is 0 Å². The van der Waals surface area contributed by atoms with E-state index in [-0.39, 0.29) is 0 Å². The van der Waals surface area contributed by atoms with Crippen LogP contribution in [0.1, 0.15) is 22.3 Å². The Labute approximate surface area is 285 Å².